The fourth-order valence-electron chi connectivity index (χ4n) is 3.18. The molecule has 2 heterocycles. The predicted molar refractivity (Wildman–Crippen MR) is 79.3 cm³/mol. The zero-order chi connectivity index (χ0) is 13.5. The van der Waals surface area contributed by atoms with Gasteiger partial charge in [-0.3, -0.25) is 0 Å². The van der Waals surface area contributed by atoms with E-state index < -0.39 is 0 Å². The van der Waals surface area contributed by atoms with Crippen molar-refractivity contribution in [2.75, 3.05) is 19.9 Å². The van der Waals surface area contributed by atoms with Crippen LogP contribution >= 0.6 is 11.8 Å². The third-order valence-electron chi connectivity index (χ3n) is 4.14. The zero-order valence-electron chi connectivity index (χ0n) is 11.7. The Hall–Kier alpha value is -0.870. The topological polar surface area (TPSA) is 30.5 Å². The molecule has 0 bridgehead atoms. The fraction of sp³-hybridized carbons (Fsp3) is 0.600. The third-order valence-corrected chi connectivity index (χ3v) is 5.57. The van der Waals surface area contributed by atoms with Crippen LogP contribution in [0.3, 0.4) is 0 Å². The van der Waals surface area contributed by atoms with Crippen molar-refractivity contribution in [2.24, 2.45) is 0 Å². The smallest absolute Gasteiger partial charge is 0.128 e. The number of rotatable bonds is 2. The maximum atomic E-state index is 6.38. The van der Waals surface area contributed by atoms with Gasteiger partial charge in [-0.2, -0.15) is 11.8 Å². The van der Waals surface area contributed by atoms with E-state index in [1.165, 1.54) is 5.56 Å². The SMILES string of the molecule is CNC1CC2(CSC(C)C2)Oc2cc(OC)ccc21. The minimum atomic E-state index is -0.00285. The van der Waals surface area contributed by atoms with Gasteiger partial charge in [-0.15, -0.1) is 0 Å². The fourth-order valence-corrected chi connectivity index (χ4v) is 4.49. The van der Waals surface area contributed by atoms with E-state index in [0.29, 0.717) is 11.3 Å². The lowest BCUT2D eigenvalue weighted by atomic mass is 9.85. The Morgan fingerprint density at radius 1 is 1.42 bits per heavy atom. The van der Waals surface area contributed by atoms with E-state index in [4.69, 9.17) is 9.47 Å². The quantitative estimate of drug-likeness (QED) is 0.901. The molecule has 1 aromatic rings. The summed E-state index contributed by atoms with van der Waals surface area (Å²) >= 11 is 2.02. The summed E-state index contributed by atoms with van der Waals surface area (Å²) in [6.07, 6.45) is 2.19. The molecular weight excluding hydrogens is 258 g/mol. The second kappa shape index (κ2) is 4.91. The minimum Gasteiger partial charge on any atom is -0.497 e. The summed E-state index contributed by atoms with van der Waals surface area (Å²) < 4.78 is 11.7. The largest absolute Gasteiger partial charge is 0.497 e. The van der Waals surface area contributed by atoms with Gasteiger partial charge in [0.15, 0.2) is 0 Å². The van der Waals surface area contributed by atoms with E-state index >= 15 is 0 Å². The maximum Gasteiger partial charge on any atom is 0.128 e. The summed E-state index contributed by atoms with van der Waals surface area (Å²) in [6, 6.07) is 6.53. The first-order valence-corrected chi connectivity index (χ1v) is 7.86. The minimum absolute atomic E-state index is 0.00285. The molecule has 19 heavy (non-hydrogen) atoms. The average molecular weight is 279 g/mol. The molecule has 2 aliphatic heterocycles. The highest BCUT2D eigenvalue weighted by Gasteiger charge is 2.45. The first kappa shape index (κ1) is 13.1. The van der Waals surface area contributed by atoms with Gasteiger partial charge in [0, 0.05) is 35.1 Å². The van der Waals surface area contributed by atoms with Crippen LogP contribution in [0.1, 0.15) is 31.4 Å². The van der Waals surface area contributed by atoms with Gasteiger partial charge >= 0.3 is 0 Å². The number of thioether (sulfide) groups is 1. The molecule has 3 rings (SSSR count). The number of nitrogens with one attached hydrogen (secondary N) is 1. The first-order chi connectivity index (χ1) is 9.15. The van der Waals surface area contributed by atoms with E-state index in [1.54, 1.807) is 7.11 Å². The second-order valence-corrected chi connectivity index (χ2v) is 6.99. The van der Waals surface area contributed by atoms with Gasteiger partial charge in [-0.25, -0.2) is 0 Å². The molecule has 4 heteroatoms. The molecule has 2 aliphatic rings. The summed E-state index contributed by atoms with van der Waals surface area (Å²) in [5.41, 5.74) is 1.25. The van der Waals surface area contributed by atoms with Gasteiger partial charge in [0.05, 0.1) is 7.11 Å². The molecule has 1 aromatic carbocycles. The van der Waals surface area contributed by atoms with Crippen LogP contribution < -0.4 is 14.8 Å². The van der Waals surface area contributed by atoms with E-state index in [1.807, 2.05) is 30.9 Å². The normalized spacial score (nSPS) is 33.0. The molecule has 1 fully saturated rings. The van der Waals surface area contributed by atoms with Gasteiger partial charge in [0.25, 0.3) is 0 Å². The molecule has 1 N–H and O–H groups in total. The third kappa shape index (κ3) is 2.32. The maximum absolute atomic E-state index is 6.38. The van der Waals surface area contributed by atoms with Gasteiger partial charge in [-0.05, 0) is 19.5 Å². The molecule has 3 nitrogen and oxygen atoms in total. The summed E-state index contributed by atoms with van der Waals surface area (Å²) in [5, 5.41) is 4.12. The average Bonchev–Trinajstić information content (AvgIpc) is 2.77. The monoisotopic (exact) mass is 279 g/mol. The molecule has 3 unspecified atom stereocenters. The Kier molecular flexibility index (Phi) is 3.39. The molecule has 0 aromatic heterocycles. The number of hydrogen-bond acceptors (Lipinski definition) is 4. The van der Waals surface area contributed by atoms with Gasteiger partial charge < -0.3 is 14.8 Å². The van der Waals surface area contributed by atoms with Crippen LogP contribution in [0.25, 0.3) is 0 Å². The van der Waals surface area contributed by atoms with Crippen LogP contribution in [0, 0.1) is 0 Å². The molecule has 0 amide bonds. The summed E-state index contributed by atoms with van der Waals surface area (Å²) in [6.45, 7) is 2.29. The number of benzene rings is 1. The lowest BCUT2D eigenvalue weighted by Gasteiger charge is -2.39. The Balaban J connectivity index is 1.96. The number of methoxy groups -OCH3 is 1. The van der Waals surface area contributed by atoms with E-state index in [0.717, 1.165) is 30.1 Å². The van der Waals surface area contributed by atoms with Crippen molar-refractivity contribution in [3.05, 3.63) is 23.8 Å². The van der Waals surface area contributed by atoms with Crippen LogP contribution in [0.4, 0.5) is 0 Å². The van der Waals surface area contributed by atoms with Crippen molar-refractivity contribution in [3.8, 4) is 11.5 Å². The molecule has 104 valence electrons. The van der Waals surface area contributed by atoms with Crippen molar-refractivity contribution in [1.82, 2.24) is 5.32 Å². The molecule has 0 saturated carbocycles. The highest BCUT2D eigenvalue weighted by atomic mass is 32.2. The highest BCUT2D eigenvalue weighted by Crippen LogP contribution is 2.48. The molecular formula is C15H21NO2S. The van der Waals surface area contributed by atoms with E-state index in [2.05, 4.69) is 18.3 Å². The highest BCUT2D eigenvalue weighted by molar-refractivity contribution is 8.00. The van der Waals surface area contributed by atoms with E-state index in [9.17, 15) is 0 Å². The van der Waals surface area contributed by atoms with Crippen LogP contribution in [0.5, 0.6) is 11.5 Å². The van der Waals surface area contributed by atoms with Crippen molar-refractivity contribution in [1.29, 1.82) is 0 Å². The summed E-state index contributed by atoms with van der Waals surface area (Å²) in [5.74, 6) is 2.94. The van der Waals surface area contributed by atoms with Crippen molar-refractivity contribution in [2.45, 2.75) is 36.7 Å². The Labute approximate surface area is 119 Å². The first-order valence-electron chi connectivity index (χ1n) is 6.81. The van der Waals surface area contributed by atoms with Crippen molar-refractivity contribution in [3.63, 3.8) is 0 Å². The summed E-state index contributed by atoms with van der Waals surface area (Å²) in [4.78, 5) is 0. The Bertz CT molecular complexity index is 479. The molecule has 0 aliphatic carbocycles. The lowest BCUT2D eigenvalue weighted by molar-refractivity contribution is 0.0523. The van der Waals surface area contributed by atoms with Crippen LogP contribution in [-0.2, 0) is 0 Å². The lowest BCUT2D eigenvalue weighted by Crippen LogP contribution is -2.44. The molecule has 1 saturated heterocycles. The van der Waals surface area contributed by atoms with Crippen LogP contribution in [-0.4, -0.2) is 30.8 Å². The van der Waals surface area contributed by atoms with Crippen molar-refractivity contribution < 1.29 is 9.47 Å². The number of ether oxygens (including phenoxy) is 2. The van der Waals surface area contributed by atoms with Crippen LogP contribution in [0.2, 0.25) is 0 Å². The number of fused-ring (bicyclic) bond motifs is 1. The molecule has 3 atom stereocenters. The van der Waals surface area contributed by atoms with Crippen LogP contribution in [0.15, 0.2) is 18.2 Å². The second-order valence-electron chi connectivity index (χ2n) is 5.56. The Morgan fingerprint density at radius 2 is 2.26 bits per heavy atom. The molecule has 0 radical (unpaired) electrons. The standard InChI is InChI=1S/C15H21NO2S/c1-10-7-15(9-19-10)8-13(16-2)12-5-4-11(17-3)6-14(12)18-15/h4-6,10,13,16H,7-9H2,1-3H3. The van der Waals surface area contributed by atoms with Gasteiger partial charge in [0.2, 0.25) is 0 Å². The van der Waals surface area contributed by atoms with Crippen molar-refractivity contribution >= 4 is 11.8 Å². The van der Waals surface area contributed by atoms with E-state index in [-0.39, 0.29) is 5.60 Å². The zero-order valence-corrected chi connectivity index (χ0v) is 12.5. The van der Waals surface area contributed by atoms with Gasteiger partial charge in [0.1, 0.15) is 17.1 Å². The summed E-state index contributed by atoms with van der Waals surface area (Å²) in [7, 11) is 3.73. The van der Waals surface area contributed by atoms with Gasteiger partial charge in [-0.1, -0.05) is 13.0 Å². The Morgan fingerprint density at radius 3 is 2.89 bits per heavy atom. The molecule has 1 spiro atoms. The number of hydrogen-bond donors (Lipinski definition) is 1. The predicted octanol–water partition coefficient (Wildman–Crippen LogP) is 3.00.